The second-order valence-corrected chi connectivity index (χ2v) is 6.88. The Labute approximate surface area is 160 Å². The lowest BCUT2D eigenvalue weighted by molar-refractivity contribution is 0.0934. The molecular formula is C18H18BrN3O2S. The Morgan fingerprint density at radius 1 is 0.960 bits per heavy atom. The SMILES string of the molecule is CC(C)c1ccc(C(=O)NC(=S)NNC(=O)c2ccccc2Br)cc1. The monoisotopic (exact) mass is 419 g/mol. The fraction of sp³-hybridized carbons (Fsp3) is 0.167. The number of thiocarbonyl (C=S) groups is 1. The number of rotatable bonds is 3. The second kappa shape index (κ2) is 8.73. The van der Waals surface area contributed by atoms with Crippen molar-refractivity contribution >= 4 is 45.1 Å². The maximum atomic E-state index is 12.1. The number of carbonyl (C=O) groups excluding carboxylic acids is 2. The van der Waals surface area contributed by atoms with E-state index < -0.39 is 0 Å². The molecule has 0 spiro atoms. The van der Waals surface area contributed by atoms with Crippen LogP contribution in [0.1, 0.15) is 46.0 Å². The molecule has 0 saturated carbocycles. The number of nitrogens with one attached hydrogen (secondary N) is 3. The molecule has 5 nitrogen and oxygen atoms in total. The van der Waals surface area contributed by atoms with Gasteiger partial charge in [-0.3, -0.25) is 25.8 Å². The highest BCUT2D eigenvalue weighted by Gasteiger charge is 2.11. The van der Waals surface area contributed by atoms with Crippen LogP contribution in [0.3, 0.4) is 0 Å². The van der Waals surface area contributed by atoms with E-state index in [9.17, 15) is 9.59 Å². The second-order valence-electron chi connectivity index (χ2n) is 5.62. The van der Waals surface area contributed by atoms with Crippen LogP contribution in [0, 0.1) is 0 Å². The van der Waals surface area contributed by atoms with Crippen LogP contribution in [-0.4, -0.2) is 16.9 Å². The molecule has 0 bridgehead atoms. The molecule has 0 aliphatic carbocycles. The lowest BCUT2D eigenvalue weighted by Gasteiger charge is -2.12. The van der Waals surface area contributed by atoms with Crippen molar-refractivity contribution in [3.63, 3.8) is 0 Å². The van der Waals surface area contributed by atoms with Gasteiger partial charge in [-0.2, -0.15) is 0 Å². The molecule has 0 unspecified atom stereocenters. The predicted octanol–water partition coefficient (Wildman–Crippen LogP) is 3.52. The van der Waals surface area contributed by atoms with Gasteiger partial charge in [-0.05, 0) is 63.9 Å². The molecule has 0 heterocycles. The minimum Gasteiger partial charge on any atom is -0.298 e. The first-order valence-corrected chi connectivity index (χ1v) is 8.84. The summed E-state index contributed by atoms with van der Waals surface area (Å²) >= 11 is 8.33. The standard InChI is InChI=1S/C18H18BrN3O2S/c1-11(2)12-7-9-13(10-8-12)16(23)20-18(25)22-21-17(24)14-5-3-4-6-15(14)19/h3-11H,1-2H3,(H,21,24)(H2,20,22,23,25). The van der Waals surface area contributed by atoms with Crippen LogP contribution < -0.4 is 16.2 Å². The summed E-state index contributed by atoms with van der Waals surface area (Å²) in [6.45, 7) is 4.17. The molecule has 0 aliphatic rings. The molecule has 0 fully saturated rings. The summed E-state index contributed by atoms with van der Waals surface area (Å²) in [7, 11) is 0. The Kier molecular flexibility index (Phi) is 6.66. The zero-order chi connectivity index (χ0) is 18.4. The molecule has 2 amide bonds. The summed E-state index contributed by atoms with van der Waals surface area (Å²) in [5, 5.41) is 2.53. The normalized spacial score (nSPS) is 10.2. The minimum atomic E-state index is -0.370. The van der Waals surface area contributed by atoms with Crippen LogP contribution in [0.25, 0.3) is 0 Å². The number of hydrazine groups is 1. The van der Waals surface area contributed by atoms with Crippen LogP contribution in [0.2, 0.25) is 0 Å². The lowest BCUT2D eigenvalue weighted by atomic mass is 10.0. The lowest BCUT2D eigenvalue weighted by Crippen LogP contribution is -2.48. The molecule has 0 radical (unpaired) electrons. The van der Waals surface area contributed by atoms with Crippen molar-refractivity contribution < 1.29 is 9.59 Å². The van der Waals surface area contributed by atoms with Crippen LogP contribution in [0.4, 0.5) is 0 Å². The molecule has 7 heteroatoms. The Morgan fingerprint density at radius 2 is 1.60 bits per heavy atom. The van der Waals surface area contributed by atoms with Crippen LogP contribution in [0.5, 0.6) is 0 Å². The Hall–Kier alpha value is -2.25. The summed E-state index contributed by atoms with van der Waals surface area (Å²) in [5.74, 6) is -0.319. The van der Waals surface area contributed by atoms with Crippen molar-refractivity contribution in [1.29, 1.82) is 0 Å². The smallest absolute Gasteiger partial charge is 0.270 e. The summed E-state index contributed by atoms with van der Waals surface area (Å²) in [5.41, 5.74) is 7.06. The van der Waals surface area contributed by atoms with Crippen molar-refractivity contribution in [2.75, 3.05) is 0 Å². The average Bonchev–Trinajstić information content (AvgIpc) is 2.60. The zero-order valence-corrected chi connectivity index (χ0v) is 16.2. The Balaban J connectivity index is 1.88. The highest BCUT2D eigenvalue weighted by Crippen LogP contribution is 2.15. The first-order valence-electron chi connectivity index (χ1n) is 7.64. The van der Waals surface area contributed by atoms with Crippen molar-refractivity contribution in [3.8, 4) is 0 Å². The van der Waals surface area contributed by atoms with E-state index in [-0.39, 0.29) is 16.9 Å². The third-order valence-corrected chi connectivity index (χ3v) is 4.37. The van der Waals surface area contributed by atoms with E-state index in [0.29, 0.717) is 21.5 Å². The maximum Gasteiger partial charge on any atom is 0.270 e. The molecule has 0 aromatic heterocycles. The maximum absolute atomic E-state index is 12.1. The average molecular weight is 420 g/mol. The van der Waals surface area contributed by atoms with Gasteiger partial charge in [0, 0.05) is 10.0 Å². The van der Waals surface area contributed by atoms with E-state index in [2.05, 4.69) is 45.9 Å². The molecule has 2 aromatic carbocycles. The van der Waals surface area contributed by atoms with Crippen LogP contribution in [0.15, 0.2) is 53.0 Å². The zero-order valence-electron chi connectivity index (χ0n) is 13.8. The summed E-state index contributed by atoms with van der Waals surface area (Å²) < 4.78 is 0.662. The molecule has 2 rings (SSSR count). The summed E-state index contributed by atoms with van der Waals surface area (Å²) in [6.07, 6.45) is 0. The van der Waals surface area contributed by atoms with Gasteiger partial charge in [0.25, 0.3) is 11.8 Å². The summed E-state index contributed by atoms with van der Waals surface area (Å²) in [6, 6.07) is 14.3. The summed E-state index contributed by atoms with van der Waals surface area (Å²) in [4.78, 5) is 24.2. The van der Waals surface area contributed by atoms with Gasteiger partial charge in [0.15, 0.2) is 5.11 Å². The minimum absolute atomic E-state index is 0.0124. The molecule has 130 valence electrons. The van der Waals surface area contributed by atoms with Gasteiger partial charge in [-0.25, -0.2) is 0 Å². The van der Waals surface area contributed by atoms with Crippen LogP contribution >= 0.6 is 28.1 Å². The predicted molar refractivity (Wildman–Crippen MR) is 105 cm³/mol. The first kappa shape index (κ1) is 19.1. The topological polar surface area (TPSA) is 70.2 Å². The number of benzene rings is 2. The third kappa shape index (κ3) is 5.37. The quantitative estimate of drug-likeness (QED) is 0.525. The highest BCUT2D eigenvalue weighted by molar-refractivity contribution is 9.10. The number of hydrogen-bond donors (Lipinski definition) is 3. The van der Waals surface area contributed by atoms with E-state index in [1.807, 2.05) is 18.2 Å². The molecule has 2 aromatic rings. The van der Waals surface area contributed by atoms with E-state index in [1.54, 1.807) is 30.3 Å². The fourth-order valence-electron chi connectivity index (χ4n) is 2.05. The van der Waals surface area contributed by atoms with Crippen molar-refractivity contribution in [1.82, 2.24) is 16.2 Å². The number of halogens is 1. The molecule has 25 heavy (non-hydrogen) atoms. The van der Waals surface area contributed by atoms with Gasteiger partial charge in [0.05, 0.1) is 5.56 Å². The van der Waals surface area contributed by atoms with Gasteiger partial charge in [0.1, 0.15) is 0 Å². The van der Waals surface area contributed by atoms with Gasteiger partial charge in [-0.1, -0.05) is 38.1 Å². The van der Waals surface area contributed by atoms with Crippen molar-refractivity contribution in [2.45, 2.75) is 19.8 Å². The van der Waals surface area contributed by atoms with Gasteiger partial charge < -0.3 is 0 Å². The fourth-order valence-corrected chi connectivity index (χ4v) is 2.66. The first-order chi connectivity index (χ1) is 11.9. The molecular weight excluding hydrogens is 402 g/mol. The van der Waals surface area contributed by atoms with E-state index in [0.717, 1.165) is 5.56 Å². The molecule has 0 saturated heterocycles. The van der Waals surface area contributed by atoms with E-state index in [4.69, 9.17) is 12.2 Å². The molecule has 0 atom stereocenters. The van der Waals surface area contributed by atoms with Crippen molar-refractivity contribution in [2.24, 2.45) is 0 Å². The van der Waals surface area contributed by atoms with E-state index >= 15 is 0 Å². The van der Waals surface area contributed by atoms with Gasteiger partial charge in [-0.15, -0.1) is 0 Å². The molecule has 3 N–H and O–H groups in total. The van der Waals surface area contributed by atoms with Gasteiger partial charge in [0.2, 0.25) is 0 Å². The Morgan fingerprint density at radius 3 is 2.20 bits per heavy atom. The van der Waals surface area contributed by atoms with E-state index in [1.165, 1.54) is 0 Å². The van der Waals surface area contributed by atoms with Gasteiger partial charge >= 0.3 is 0 Å². The highest BCUT2D eigenvalue weighted by atomic mass is 79.9. The van der Waals surface area contributed by atoms with Crippen LogP contribution in [-0.2, 0) is 0 Å². The third-order valence-electron chi connectivity index (χ3n) is 3.47. The number of amides is 2. The number of hydrogen-bond acceptors (Lipinski definition) is 3. The number of carbonyl (C=O) groups is 2. The molecule has 0 aliphatic heterocycles. The van der Waals surface area contributed by atoms with Crippen molar-refractivity contribution in [3.05, 3.63) is 69.7 Å². The Bertz CT molecular complexity index is 791. The largest absolute Gasteiger partial charge is 0.298 e.